The Balaban J connectivity index is 1.56. The summed E-state index contributed by atoms with van der Waals surface area (Å²) in [5.74, 6) is 4.86. The van der Waals surface area contributed by atoms with Gasteiger partial charge < -0.3 is 15.7 Å². The molecule has 0 saturated carbocycles. The summed E-state index contributed by atoms with van der Waals surface area (Å²) < 4.78 is 15.0. The highest BCUT2D eigenvalue weighted by atomic mass is 19.1. The smallest absolute Gasteiger partial charge is 0.251 e. The summed E-state index contributed by atoms with van der Waals surface area (Å²) in [6, 6.07) is 7.30. The predicted octanol–water partition coefficient (Wildman–Crippen LogP) is 0.519. The maximum atomic E-state index is 15.0. The second kappa shape index (κ2) is 11.3. The molecule has 9 nitrogen and oxygen atoms in total. The zero-order valence-electron chi connectivity index (χ0n) is 21.6. The molecule has 2 atom stereocenters. The van der Waals surface area contributed by atoms with Gasteiger partial charge in [-0.2, -0.15) is 0 Å². The van der Waals surface area contributed by atoms with Crippen molar-refractivity contribution in [2.45, 2.75) is 51.6 Å². The highest BCUT2D eigenvalue weighted by molar-refractivity contribution is 5.91. The molecule has 2 aliphatic heterocycles. The summed E-state index contributed by atoms with van der Waals surface area (Å²) >= 11 is 0. The fourth-order valence-electron chi connectivity index (χ4n) is 5.20. The Kier molecular flexibility index (Phi) is 8.09. The Bertz CT molecular complexity index is 1310. The fraction of sp³-hybridized carbons (Fsp3) is 0.444. The van der Waals surface area contributed by atoms with Crippen LogP contribution in [0.1, 0.15) is 38.7 Å². The number of carbonyl (C=O) groups excluding carboxylic acids is 2. The maximum Gasteiger partial charge on any atom is 0.251 e. The van der Waals surface area contributed by atoms with Crippen molar-refractivity contribution < 1.29 is 19.1 Å². The first-order valence-corrected chi connectivity index (χ1v) is 12.8. The summed E-state index contributed by atoms with van der Waals surface area (Å²) in [5.41, 5.74) is 1.91. The number of nitrogens with zero attached hydrogens (tertiary/aromatic N) is 3. The van der Waals surface area contributed by atoms with Crippen LogP contribution in [0, 0.1) is 5.82 Å². The Morgan fingerprint density at radius 3 is 2.70 bits per heavy atom. The second-order valence-corrected chi connectivity index (χ2v) is 9.41. The molecular formula is C27H35FN6O3. The number of aliphatic hydroxyl groups excluding tert-OH is 1. The van der Waals surface area contributed by atoms with E-state index in [1.165, 1.54) is 18.1 Å². The first-order valence-electron chi connectivity index (χ1n) is 12.8. The summed E-state index contributed by atoms with van der Waals surface area (Å²) in [6.45, 7) is 6.58. The van der Waals surface area contributed by atoms with Crippen LogP contribution < -0.4 is 27.0 Å². The number of fused-ring (bicyclic) bond motifs is 1. The molecule has 0 spiro atoms. The molecule has 2 unspecified atom stereocenters. The quantitative estimate of drug-likeness (QED) is 0.382. The van der Waals surface area contributed by atoms with Gasteiger partial charge in [0.1, 0.15) is 11.6 Å². The van der Waals surface area contributed by atoms with Crippen LogP contribution in [-0.4, -0.2) is 70.6 Å². The number of carbonyl (C=O) groups is 2. The van der Waals surface area contributed by atoms with E-state index in [2.05, 4.69) is 27.4 Å². The van der Waals surface area contributed by atoms with Gasteiger partial charge in [0.2, 0.25) is 5.91 Å². The van der Waals surface area contributed by atoms with E-state index in [0.717, 1.165) is 25.9 Å². The molecule has 1 fully saturated rings. The zero-order valence-corrected chi connectivity index (χ0v) is 21.6. The molecule has 3 heterocycles. The Morgan fingerprint density at radius 2 is 2.03 bits per heavy atom. The zero-order chi connectivity index (χ0) is 26.7. The molecule has 37 heavy (non-hydrogen) atoms. The van der Waals surface area contributed by atoms with Crippen LogP contribution in [0.2, 0.25) is 0 Å². The summed E-state index contributed by atoms with van der Waals surface area (Å²) in [5, 5.41) is 18.3. The van der Waals surface area contributed by atoms with Gasteiger partial charge in [0.25, 0.3) is 5.91 Å². The molecule has 5 N–H and O–H groups in total. The number of amides is 2. The summed E-state index contributed by atoms with van der Waals surface area (Å²) in [7, 11) is 1.48. The summed E-state index contributed by atoms with van der Waals surface area (Å²) in [6.07, 6.45) is 2.63. The van der Waals surface area contributed by atoms with E-state index in [4.69, 9.17) is 5.84 Å². The van der Waals surface area contributed by atoms with E-state index in [0.29, 0.717) is 52.1 Å². The lowest BCUT2D eigenvalue weighted by molar-refractivity contribution is -0.123. The molecule has 0 bridgehead atoms. The molecule has 0 radical (unpaired) electrons. The van der Waals surface area contributed by atoms with E-state index < -0.39 is 17.8 Å². The number of pyridine rings is 1. The minimum Gasteiger partial charge on any atom is -0.509 e. The Hall–Kier alpha value is -3.50. The van der Waals surface area contributed by atoms with Gasteiger partial charge in [-0.15, -0.1) is 0 Å². The van der Waals surface area contributed by atoms with E-state index in [9.17, 15) is 14.7 Å². The van der Waals surface area contributed by atoms with Gasteiger partial charge in [0.05, 0.1) is 23.2 Å². The van der Waals surface area contributed by atoms with Crippen molar-refractivity contribution in [1.82, 2.24) is 25.5 Å². The molecular weight excluding hydrogens is 475 g/mol. The lowest BCUT2D eigenvalue weighted by Crippen LogP contribution is -2.57. The van der Waals surface area contributed by atoms with Crippen molar-refractivity contribution in [3.8, 4) is 11.3 Å². The van der Waals surface area contributed by atoms with Crippen LogP contribution >= 0.6 is 0 Å². The molecule has 2 aromatic rings. The number of likely N-dealkylation sites (tertiary alicyclic amines) is 1. The van der Waals surface area contributed by atoms with Crippen molar-refractivity contribution in [2.75, 3.05) is 26.7 Å². The largest absolute Gasteiger partial charge is 0.509 e. The summed E-state index contributed by atoms with van der Waals surface area (Å²) in [4.78, 5) is 31.8. The van der Waals surface area contributed by atoms with Gasteiger partial charge in [-0.05, 0) is 56.1 Å². The third-order valence-electron chi connectivity index (χ3n) is 7.26. The minimum absolute atomic E-state index is 0.0395. The van der Waals surface area contributed by atoms with Crippen LogP contribution in [0.4, 0.5) is 4.39 Å². The third-order valence-corrected chi connectivity index (χ3v) is 7.26. The third kappa shape index (κ3) is 5.30. The van der Waals surface area contributed by atoms with Gasteiger partial charge in [-0.3, -0.25) is 19.5 Å². The standard InChI is InChI=1S/C27H35FN6O3/c1-4-22-24-19(26(36)25(34(22)29)27(37)30-3)10-11-21(32-24)17-9-8-16(20(28)13-17)14-23(35)31-15-18-7-6-12-33(18)5-2/h8-11,13,18,25,36H,4-7,12,14-15,29H2,1-3H3,(H,30,37)(H,31,35). The number of benzene rings is 1. The normalized spacial score (nSPS) is 19.6. The number of aliphatic hydroxyl groups is 1. The predicted molar refractivity (Wildman–Crippen MR) is 139 cm³/mol. The lowest BCUT2D eigenvalue weighted by atomic mass is 10.0. The molecule has 198 valence electrons. The highest BCUT2D eigenvalue weighted by Gasteiger charge is 2.33. The number of hydrogen-bond donors (Lipinski definition) is 4. The van der Waals surface area contributed by atoms with Crippen LogP contribution in [0.25, 0.3) is 22.7 Å². The lowest BCUT2D eigenvalue weighted by Gasteiger charge is -2.31. The van der Waals surface area contributed by atoms with Gasteiger partial charge in [0, 0.05) is 30.4 Å². The molecule has 2 amide bonds. The van der Waals surface area contributed by atoms with E-state index in [-0.39, 0.29) is 18.1 Å². The van der Waals surface area contributed by atoms with Crippen molar-refractivity contribution in [3.05, 3.63) is 52.3 Å². The van der Waals surface area contributed by atoms with Crippen molar-refractivity contribution in [3.63, 3.8) is 0 Å². The van der Waals surface area contributed by atoms with Gasteiger partial charge in [-0.1, -0.05) is 26.0 Å². The number of likely N-dealkylation sites (N-methyl/N-ethyl adjacent to an activating group) is 2. The fourth-order valence-corrected chi connectivity index (χ4v) is 5.20. The number of hydrogen-bond acceptors (Lipinski definition) is 7. The highest BCUT2D eigenvalue weighted by Crippen LogP contribution is 2.21. The van der Waals surface area contributed by atoms with Gasteiger partial charge >= 0.3 is 0 Å². The van der Waals surface area contributed by atoms with Crippen LogP contribution in [0.5, 0.6) is 0 Å². The van der Waals surface area contributed by atoms with Crippen LogP contribution in [0.15, 0.2) is 30.3 Å². The minimum atomic E-state index is -1.05. The first kappa shape index (κ1) is 26.6. The average Bonchev–Trinajstić information content (AvgIpc) is 3.36. The first-order chi connectivity index (χ1) is 17.8. The van der Waals surface area contributed by atoms with Gasteiger partial charge in [-0.25, -0.2) is 15.2 Å². The van der Waals surface area contributed by atoms with Crippen molar-refractivity contribution in [2.24, 2.45) is 5.84 Å². The number of hydrazine groups is 1. The van der Waals surface area contributed by atoms with Crippen LogP contribution in [-0.2, 0) is 16.0 Å². The molecule has 4 rings (SSSR count). The van der Waals surface area contributed by atoms with Crippen molar-refractivity contribution in [1.29, 1.82) is 0 Å². The molecule has 1 aromatic carbocycles. The monoisotopic (exact) mass is 510 g/mol. The molecule has 10 heteroatoms. The number of nitrogens with two attached hydrogens (primary N) is 1. The van der Waals surface area contributed by atoms with E-state index in [1.54, 1.807) is 24.3 Å². The Morgan fingerprint density at radius 1 is 1.24 bits per heavy atom. The van der Waals surface area contributed by atoms with E-state index >= 15 is 4.39 Å². The number of rotatable bonds is 8. The topological polar surface area (TPSA) is 124 Å². The van der Waals surface area contributed by atoms with Crippen LogP contribution in [0.3, 0.4) is 0 Å². The molecule has 1 aromatic heterocycles. The molecule has 1 saturated heterocycles. The van der Waals surface area contributed by atoms with Crippen molar-refractivity contribution >= 4 is 23.3 Å². The number of halogens is 1. The SMILES string of the molecule is CCC1=c2nc(-c3ccc(CC(=O)NCC4CCCN4CC)c(F)c3)ccc2=C(O)C(C(=O)NC)N1N. The number of nitrogens with one attached hydrogen (secondary N) is 2. The van der Waals surface area contributed by atoms with E-state index in [1.807, 2.05) is 6.92 Å². The average molecular weight is 511 g/mol. The number of aromatic nitrogens is 1. The maximum absolute atomic E-state index is 15.0. The molecule has 0 aliphatic carbocycles. The molecule has 2 aliphatic rings. The van der Waals surface area contributed by atoms with Gasteiger partial charge in [0.15, 0.2) is 6.04 Å². The second-order valence-electron chi connectivity index (χ2n) is 9.41. The Labute approximate surface area is 215 Å².